The molecule has 0 bridgehead atoms. The molecule has 0 spiro atoms. The van der Waals surface area contributed by atoms with Gasteiger partial charge in [0.05, 0.1) is 17.3 Å². The summed E-state index contributed by atoms with van der Waals surface area (Å²) in [6.45, 7) is 0.0218. The van der Waals surface area contributed by atoms with Crippen molar-refractivity contribution in [3.8, 4) is 0 Å². The van der Waals surface area contributed by atoms with Crippen molar-refractivity contribution < 1.29 is 18.0 Å². The smallest absolute Gasteiger partial charge is 0.348 e. The van der Waals surface area contributed by atoms with Gasteiger partial charge in [0.25, 0.3) is 5.91 Å². The summed E-state index contributed by atoms with van der Waals surface area (Å²) in [5.41, 5.74) is -0.0267. The number of amides is 1. The van der Waals surface area contributed by atoms with Gasteiger partial charge in [-0.15, -0.1) is 0 Å². The SMILES string of the molecule is O=C(NCc1cccc(C(F)(F)F)c1)c1cn[nH]c1. The minimum absolute atomic E-state index is 0.0218. The number of carbonyl (C=O) groups is 1. The van der Waals surface area contributed by atoms with Crippen LogP contribution in [0, 0.1) is 0 Å². The minimum Gasteiger partial charge on any atom is -0.348 e. The summed E-state index contributed by atoms with van der Waals surface area (Å²) in [6, 6.07) is 4.82. The molecule has 0 unspecified atom stereocenters. The highest BCUT2D eigenvalue weighted by atomic mass is 19.4. The Bertz CT molecular complexity index is 564. The highest BCUT2D eigenvalue weighted by Gasteiger charge is 2.30. The van der Waals surface area contributed by atoms with Crippen molar-refractivity contribution in [3.05, 3.63) is 53.3 Å². The molecule has 0 aliphatic carbocycles. The van der Waals surface area contributed by atoms with Crippen molar-refractivity contribution in [2.24, 2.45) is 0 Å². The number of hydrogen-bond donors (Lipinski definition) is 2. The van der Waals surface area contributed by atoms with Gasteiger partial charge < -0.3 is 5.32 Å². The molecule has 1 aromatic heterocycles. The molecule has 1 amide bonds. The van der Waals surface area contributed by atoms with E-state index in [9.17, 15) is 18.0 Å². The maximum absolute atomic E-state index is 12.5. The van der Waals surface area contributed by atoms with Gasteiger partial charge >= 0.3 is 6.18 Å². The van der Waals surface area contributed by atoms with Crippen LogP contribution in [0.2, 0.25) is 0 Å². The topological polar surface area (TPSA) is 57.8 Å². The summed E-state index contributed by atoms with van der Waals surface area (Å²) in [5.74, 6) is -0.397. The zero-order chi connectivity index (χ0) is 13.9. The number of nitrogens with zero attached hydrogens (tertiary/aromatic N) is 1. The van der Waals surface area contributed by atoms with Gasteiger partial charge in [0.2, 0.25) is 0 Å². The number of aromatic amines is 1. The van der Waals surface area contributed by atoms with Gasteiger partial charge in [-0.25, -0.2) is 0 Å². The van der Waals surface area contributed by atoms with E-state index in [0.29, 0.717) is 11.1 Å². The van der Waals surface area contributed by atoms with Gasteiger partial charge in [-0.2, -0.15) is 18.3 Å². The molecule has 7 heteroatoms. The van der Waals surface area contributed by atoms with E-state index in [1.165, 1.54) is 24.5 Å². The molecule has 0 saturated carbocycles. The van der Waals surface area contributed by atoms with Crippen molar-refractivity contribution in [2.75, 3.05) is 0 Å². The fourth-order valence-corrected chi connectivity index (χ4v) is 1.52. The van der Waals surface area contributed by atoms with E-state index in [1.807, 2.05) is 0 Å². The third-order valence-corrected chi connectivity index (χ3v) is 2.47. The third kappa shape index (κ3) is 3.34. The van der Waals surface area contributed by atoms with Gasteiger partial charge in [-0.05, 0) is 17.7 Å². The Balaban J connectivity index is 2.02. The maximum atomic E-state index is 12.5. The number of carbonyl (C=O) groups excluding carboxylic acids is 1. The average molecular weight is 269 g/mol. The number of hydrogen-bond acceptors (Lipinski definition) is 2. The van der Waals surface area contributed by atoms with E-state index in [0.717, 1.165) is 12.1 Å². The van der Waals surface area contributed by atoms with Crippen molar-refractivity contribution in [1.82, 2.24) is 15.5 Å². The van der Waals surface area contributed by atoms with Crippen molar-refractivity contribution in [1.29, 1.82) is 0 Å². The van der Waals surface area contributed by atoms with Gasteiger partial charge in [-0.1, -0.05) is 12.1 Å². The quantitative estimate of drug-likeness (QED) is 0.898. The van der Waals surface area contributed by atoms with Gasteiger partial charge in [0.1, 0.15) is 0 Å². The molecule has 0 aliphatic rings. The maximum Gasteiger partial charge on any atom is 0.416 e. The molecule has 4 nitrogen and oxygen atoms in total. The van der Waals surface area contributed by atoms with Crippen molar-refractivity contribution >= 4 is 5.91 Å². The third-order valence-electron chi connectivity index (χ3n) is 2.47. The number of aromatic nitrogens is 2. The predicted molar refractivity (Wildman–Crippen MR) is 61.2 cm³/mol. The Morgan fingerprint density at radius 2 is 2.16 bits per heavy atom. The van der Waals surface area contributed by atoms with Gasteiger partial charge in [0, 0.05) is 12.7 Å². The first kappa shape index (κ1) is 13.1. The molecule has 1 heterocycles. The van der Waals surface area contributed by atoms with Crippen molar-refractivity contribution in [2.45, 2.75) is 12.7 Å². The molecule has 0 fully saturated rings. The molecule has 2 rings (SSSR count). The number of benzene rings is 1. The zero-order valence-electron chi connectivity index (χ0n) is 9.66. The first-order chi connectivity index (χ1) is 8.97. The van der Waals surface area contributed by atoms with Crippen LogP contribution in [0.1, 0.15) is 21.5 Å². The molecule has 0 radical (unpaired) electrons. The van der Waals surface area contributed by atoms with E-state index < -0.39 is 17.6 Å². The predicted octanol–water partition coefficient (Wildman–Crippen LogP) is 2.36. The molecule has 2 aromatic rings. The Labute approximate surface area is 106 Å². The number of H-pyrrole nitrogens is 1. The molecule has 1 aromatic carbocycles. The molecule has 19 heavy (non-hydrogen) atoms. The molecule has 0 saturated heterocycles. The van der Waals surface area contributed by atoms with Crippen LogP contribution in [0.5, 0.6) is 0 Å². The van der Waals surface area contributed by atoms with Gasteiger partial charge in [0.15, 0.2) is 0 Å². The number of nitrogens with one attached hydrogen (secondary N) is 2. The lowest BCUT2D eigenvalue weighted by Gasteiger charge is -2.09. The minimum atomic E-state index is -4.38. The normalized spacial score (nSPS) is 11.3. The van der Waals surface area contributed by atoms with E-state index in [4.69, 9.17) is 0 Å². The lowest BCUT2D eigenvalue weighted by Crippen LogP contribution is -2.22. The highest BCUT2D eigenvalue weighted by Crippen LogP contribution is 2.29. The van der Waals surface area contributed by atoms with Crippen LogP contribution in [0.3, 0.4) is 0 Å². The summed E-state index contributed by atoms with van der Waals surface area (Å²) in [6.07, 6.45) is -1.65. The first-order valence-electron chi connectivity index (χ1n) is 5.40. The van der Waals surface area contributed by atoms with E-state index >= 15 is 0 Å². The van der Waals surface area contributed by atoms with Crippen molar-refractivity contribution in [3.63, 3.8) is 0 Å². The summed E-state index contributed by atoms with van der Waals surface area (Å²) < 4.78 is 37.5. The fourth-order valence-electron chi connectivity index (χ4n) is 1.52. The summed E-state index contributed by atoms with van der Waals surface area (Å²) in [5, 5.41) is 8.60. The molecule has 100 valence electrons. The average Bonchev–Trinajstić information content (AvgIpc) is 2.89. The number of rotatable bonds is 3. The molecular formula is C12H10F3N3O. The monoisotopic (exact) mass is 269 g/mol. The Morgan fingerprint density at radius 3 is 2.79 bits per heavy atom. The highest BCUT2D eigenvalue weighted by molar-refractivity contribution is 5.93. The standard InChI is InChI=1S/C12H10F3N3O/c13-12(14,15)10-3-1-2-8(4-10)5-16-11(19)9-6-17-18-7-9/h1-4,6-7H,5H2,(H,16,19)(H,17,18). The van der Waals surface area contributed by atoms with Crippen LogP contribution in [0.4, 0.5) is 13.2 Å². The Morgan fingerprint density at radius 1 is 1.37 bits per heavy atom. The Kier molecular flexibility index (Phi) is 3.55. The fraction of sp³-hybridized carbons (Fsp3) is 0.167. The lowest BCUT2D eigenvalue weighted by molar-refractivity contribution is -0.137. The number of halogens is 3. The van der Waals surface area contributed by atoms with Crippen LogP contribution < -0.4 is 5.32 Å². The molecule has 0 aliphatic heterocycles. The Hall–Kier alpha value is -2.31. The van der Waals surface area contributed by atoms with E-state index in [2.05, 4.69) is 15.5 Å². The van der Waals surface area contributed by atoms with Crippen LogP contribution in [-0.2, 0) is 12.7 Å². The van der Waals surface area contributed by atoms with E-state index in [1.54, 1.807) is 0 Å². The summed E-state index contributed by atoms with van der Waals surface area (Å²) >= 11 is 0. The van der Waals surface area contributed by atoms with Crippen LogP contribution in [-0.4, -0.2) is 16.1 Å². The molecule has 0 atom stereocenters. The van der Waals surface area contributed by atoms with Crippen LogP contribution in [0.15, 0.2) is 36.7 Å². The van der Waals surface area contributed by atoms with Gasteiger partial charge in [-0.3, -0.25) is 9.89 Å². The number of alkyl halides is 3. The van der Waals surface area contributed by atoms with E-state index in [-0.39, 0.29) is 6.54 Å². The summed E-state index contributed by atoms with van der Waals surface area (Å²) in [4.78, 5) is 11.6. The van der Waals surface area contributed by atoms with Crippen LogP contribution >= 0.6 is 0 Å². The lowest BCUT2D eigenvalue weighted by atomic mass is 10.1. The second-order valence-corrected chi connectivity index (χ2v) is 3.87. The second kappa shape index (κ2) is 5.13. The first-order valence-corrected chi connectivity index (χ1v) is 5.40. The van der Waals surface area contributed by atoms with Crippen LogP contribution in [0.25, 0.3) is 0 Å². The largest absolute Gasteiger partial charge is 0.416 e. The molecular weight excluding hydrogens is 259 g/mol. The second-order valence-electron chi connectivity index (χ2n) is 3.87. The molecule has 2 N–H and O–H groups in total. The zero-order valence-corrected chi connectivity index (χ0v) is 9.66. The summed E-state index contributed by atoms with van der Waals surface area (Å²) in [7, 11) is 0.